The maximum Gasteiger partial charge on any atom is 0.391 e. The first kappa shape index (κ1) is 13.4. The van der Waals surface area contributed by atoms with Crippen LogP contribution in [0.3, 0.4) is 0 Å². The van der Waals surface area contributed by atoms with Gasteiger partial charge < -0.3 is 10.2 Å². The topological polar surface area (TPSA) is 42.4 Å². The van der Waals surface area contributed by atoms with Crippen LogP contribution in [0.5, 0.6) is 0 Å². The Morgan fingerprint density at radius 1 is 1.22 bits per heavy atom. The second-order valence-electron chi connectivity index (χ2n) is 4.66. The van der Waals surface area contributed by atoms with E-state index in [0.717, 1.165) is 5.76 Å². The lowest BCUT2D eigenvalue weighted by molar-refractivity contribution is -0.185. The summed E-state index contributed by atoms with van der Waals surface area (Å²) in [7, 11) is 0. The molecule has 0 saturated carbocycles. The molecule has 0 radical (unpaired) electrons. The lowest BCUT2D eigenvalue weighted by Crippen LogP contribution is -2.38. The van der Waals surface area contributed by atoms with E-state index >= 15 is 0 Å². The zero-order valence-corrected chi connectivity index (χ0v) is 10.0. The molecule has 102 valence electrons. The number of furan rings is 1. The van der Waals surface area contributed by atoms with Gasteiger partial charge in [0, 0.05) is 0 Å². The molecule has 1 aromatic rings. The Bertz CT molecular complexity index is 381. The summed E-state index contributed by atoms with van der Waals surface area (Å²) in [5.74, 6) is 0.320. The van der Waals surface area contributed by atoms with Gasteiger partial charge in [-0.1, -0.05) is 0 Å². The smallest absolute Gasteiger partial charge is 0.391 e. The van der Waals surface area contributed by atoms with E-state index in [1.807, 2.05) is 11.0 Å². The van der Waals surface area contributed by atoms with Gasteiger partial charge in [-0.15, -0.1) is 0 Å². The SMILES string of the molecule is NCc1ccc(CN2CCC(C(F)(F)F)CC2)o1. The Hall–Kier alpha value is -1.01. The number of hydrogen-bond donors (Lipinski definition) is 1. The van der Waals surface area contributed by atoms with E-state index < -0.39 is 12.1 Å². The van der Waals surface area contributed by atoms with Gasteiger partial charge >= 0.3 is 6.18 Å². The van der Waals surface area contributed by atoms with Crippen molar-refractivity contribution < 1.29 is 17.6 Å². The van der Waals surface area contributed by atoms with Crippen LogP contribution in [0.15, 0.2) is 16.5 Å². The molecule has 0 atom stereocenters. The lowest BCUT2D eigenvalue weighted by atomic mass is 9.96. The summed E-state index contributed by atoms with van der Waals surface area (Å²) in [6.45, 7) is 1.83. The minimum atomic E-state index is -4.05. The van der Waals surface area contributed by atoms with Crippen molar-refractivity contribution in [2.45, 2.75) is 32.1 Å². The number of halogens is 3. The average molecular weight is 262 g/mol. The van der Waals surface area contributed by atoms with Crippen molar-refractivity contribution in [2.24, 2.45) is 11.7 Å². The predicted molar refractivity (Wildman–Crippen MR) is 60.7 cm³/mol. The summed E-state index contributed by atoms with van der Waals surface area (Å²) < 4.78 is 42.9. The van der Waals surface area contributed by atoms with Crippen LogP contribution in [-0.2, 0) is 13.1 Å². The highest BCUT2D eigenvalue weighted by Crippen LogP contribution is 2.34. The summed E-state index contributed by atoms with van der Waals surface area (Å²) in [4.78, 5) is 1.99. The predicted octanol–water partition coefficient (Wildman–Crippen LogP) is 2.51. The molecule has 0 aliphatic carbocycles. The van der Waals surface area contributed by atoms with Gasteiger partial charge in [-0.2, -0.15) is 13.2 Å². The third-order valence-corrected chi connectivity index (χ3v) is 3.35. The molecule has 0 spiro atoms. The molecule has 1 aromatic heterocycles. The average Bonchev–Trinajstić information content (AvgIpc) is 2.76. The molecular weight excluding hydrogens is 245 g/mol. The van der Waals surface area contributed by atoms with Crippen LogP contribution >= 0.6 is 0 Å². The van der Waals surface area contributed by atoms with Crippen LogP contribution in [0.4, 0.5) is 13.2 Å². The largest absolute Gasteiger partial charge is 0.463 e. The molecule has 1 aliphatic rings. The molecule has 1 aliphatic heterocycles. The van der Waals surface area contributed by atoms with Crippen molar-refractivity contribution >= 4 is 0 Å². The Balaban J connectivity index is 1.83. The van der Waals surface area contributed by atoms with Crippen molar-refractivity contribution in [2.75, 3.05) is 13.1 Å². The van der Waals surface area contributed by atoms with Gasteiger partial charge in [0.2, 0.25) is 0 Å². The van der Waals surface area contributed by atoms with Crippen molar-refractivity contribution in [3.63, 3.8) is 0 Å². The van der Waals surface area contributed by atoms with Crippen LogP contribution < -0.4 is 5.73 Å². The summed E-state index contributed by atoms with van der Waals surface area (Å²) in [6, 6.07) is 3.63. The zero-order valence-electron chi connectivity index (χ0n) is 10.0. The highest BCUT2D eigenvalue weighted by Gasteiger charge is 2.40. The molecule has 0 amide bonds. The Morgan fingerprint density at radius 3 is 2.33 bits per heavy atom. The molecule has 0 unspecified atom stereocenters. The van der Waals surface area contributed by atoms with E-state index in [4.69, 9.17) is 10.2 Å². The van der Waals surface area contributed by atoms with E-state index in [0.29, 0.717) is 31.9 Å². The first-order valence-electron chi connectivity index (χ1n) is 6.06. The number of likely N-dealkylation sites (tertiary alicyclic amines) is 1. The van der Waals surface area contributed by atoms with Gasteiger partial charge in [0.25, 0.3) is 0 Å². The summed E-state index contributed by atoms with van der Waals surface area (Å²) in [5, 5.41) is 0. The minimum Gasteiger partial charge on any atom is -0.463 e. The van der Waals surface area contributed by atoms with Crippen LogP contribution in [0.1, 0.15) is 24.4 Å². The Morgan fingerprint density at radius 2 is 1.83 bits per heavy atom. The van der Waals surface area contributed by atoms with Gasteiger partial charge in [0.1, 0.15) is 11.5 Å². The summed E-state index contributed by atoms with van der Waals surface area (Å²) >= 11 is 0. The minimum absolute atomic E-state index is 0.175. The molecule has 6 heteroatoms. The number of piperidine rings is 1. The van der Waals surface area contributed by atoms with E-state index in [1.165, 1.54) is 0 Å². The first-order chi connectivity index (χ1) is 8.49. The van der Waals surface area contributed by atoms with Crippen LogP contribution in [0, 0.1) is 5.92 Å². The van der Waals surface area contributed by atoms with Gasteiger partial charge in [-0.3, -0.25) is 4.90 Å². The molecule has 3 nitrogen and oxygen atoms in total. The lowest BCUT2D eigenvalue weighted by Gasteiger charge is -2.32. The van der Waals surface area contributed by atoms with E-state index in [1.54, 1.807) is 6.07 Å². The third kappa shape index (κ3) is 3.26. The number of nitrogens with zero attached hydrogens (tertiary/aromatic N) is 1. The van der Waals surface area contributed by atoms with Crippen molar-refractivity contribution in [3.8, 4) is 0 Å². The van der Waals surface area contributed by atoms with Crippen molar-refractivity contribution in [1.29, 1.82) is 0 Å². The summed E-state index contributed by atoms with van der Waals surface area (Å²) in [6.07, 6.45) is -3.70. The highest BCUT2D eigenvalue weighted by atomic mass is 19.4. The van der Waals surface area contributed by atoms with Gasteiger partial charge in [0.15, 0.2) is 0 Å². The Labute approximate surface area is 104 Å². The summed E-state index contributed by atoms with van der Waals surface area (Å²) in [5.41, 5.74) is 5.43. The van der Waals surface area contributed by atoms with Crippen LogP contribution in [0.2, 0.25) is 0 Å². The second-order valence-corrected chi connectivity index (χ2v) is 4.66. The fraction of sp³-hybridized carbons (Fsp3) is 0.667. The number of nitrogens with two attached hydrogens (primary N) is 1. The number of rotatable bonds is 3. The van der Waals surface area contributed by atoms with Crippen LogP contribution in [0.25, 0.3) is 0 Å². The quantitative estimate of drug-likeness (QED) is 0.910. The standard InChI is InChI=1S/C12H17F3N2O/c13-12(14,15)9-3-5-17(6-4-9)8-11-2-1-10(7-16)18-11/h1-2,9H,3-8,16H2. The maximum absolute atomic E-state index is 12.5. The Kier molecular flexibility index (Phi) is 3.97. The van der Waals surface area contributed by atoms with Gasteiger partial charge in [-0.05, 0) is 38.1 Å². The third-order valence-electron chi connectivity index (χ3n) is 3.35. The number of hydrogen-bond acceptors (Lipinski definition) is 3. The monoisotopic (exact) mass is 262 g/mol. The molecule has 1 fully saturated rings. The normalized spacial score (nSPS) is 19.3. The van der Waals surface area contributed by atoms with E-state index in [9.17, 15) is 13.2 Å². The second kappa shape index (κ2) is 5.32. The van der Waals surface area contributed by atoms with Gasteiger partial charge in [-0.25, -0.2) is 0 Å². The fourth-order valence-electron chi connectivity index (χ4n) is 2.26. The van der Waals surface area contributed by atoms with E-state index in [-0.39, 0.29) is 12.8 Å². The first-order valence-corrected chi connectivity index (χ1v) is 6.06. The van der Waals surface area contributed by atoms with E-state index in [2.05, 4.69) is 0 Å². The highest BCUT2D eigenvalue weighted by molar-refractivity contribution is 5.06. The van der Waals surface area contributed by atoms with Crippen LogP contribution in [-0.4, -0.2) is 24.2 Å². The van der Waals surface area contributed by atoms with Crippen molar-refractivity contribution in [1.82, 2.24) is 4.90 Å². The molecule has 1 saturated heterocycles. The molecule has 0 aromatic carbocycles. The van der Waals surface area contributed by atoms with Crippen molar-refractivity contribution in [3.05, 3.63) is 23.7 Å². The number of alkyl halides is 3. The molecular formula is C12H17F3N2O. The molecule has 2 heterocycles. The fourth-order valence-corrected chi connectivity index (χ4v) is 2.26. The molecule has 2 N–H and O–H groups in total. The zero-order chi connectivity index (χ0) is 13.2. The van der Waals surface area contributed by atoms with Gasteiger partial charge in [0.05, 0.1) is 19.0 Å². The molecule has 2 rings (SSSR count). The molecule has 0 bridgehead atoms. The maximum atomic E-state index is 12.5. The molecule has 18 heavy (non-hydrogen) atoms.